The average molecular weight is 366 g/mol. The monoisotopic (exact) mass is 366 g/mol. The van der Waals surface area contributed by atoms with E-state index in [9.17, 15) is 4.79 Å². The first kappa shape index (κ1) is 16.9. The van der Waals surface area contributed by atoms with Gasteiger partial charge in [-0.2, -0.15) is 0 Å². The van der Waals surface area contributed by atoms with Crippen LogP contribution in [0, 0.1) is 0 Å². The zero-order valence-electron chi connectivity index (χ0n) is 15.6. The maximum absolute atomic E-state index is 11.4. The van der Waals surface area contributed by atoms with Gasteiger partial charge in [0.2, 0.25) is 0 Å². The van der Waals surface area contributed by atoms with E-state index in [4.69, 9.17) is 9.47 Å². The van der Waals surface area contributed by atoms with Crippen molar-refractivity contribution in [1.29, 1.82) is 0 Å². The van der Waals surface area contributed by atoms with Gasteiger partial charge in [-0.15, -0.1) is 0 Å². The van der Waals surface area contributed by atoms with Gasteiger partial charge in [-0.05, 0) is 68.4 Å². The van der Waals surface area contributed by atoms with Crippen LogP contribution in [0.25, 0.3) is 0 Å². The molecule has 3 aliphatic rings. The van der Waals surface area contributed by atoms with Crippen LogP contribution in [0.3, 0.4) is 0 Å². The second-order valence-corrected chi connectivity index (χ2v) is 8.17. The van der Waals surface area contributed by atoms with Crippen LogP contribution in [0.2, 0.25) is 0 Å². The van der Waals surface area contributed by atoms with Crippen LogP contribution < -0.4 is 15.0 Å². The molecule has 27 heavy (non-hydrogen) atoms. The lowest BCUT2D eigenvalue weighted by Gasteiger charge is -2.48. The Morgan fingerprint density at radius 1 is 1.07 bits per heavy atom. The molecule has 0 radical (unpaired) electrons. The summed E-state index contributed by atoms with van der Waals surface area (Å²) in [6.07, 6.45) is 10.1. The molecule has 1 aliphatic carbocycles. The fourth-order valence-corrected chi connectivity index (χ4v) is 4.59. The summed E-state index contributed by atoms with van der Waals surface area (Å²) in [5.74, 6) is 2.30. The van der Waals surface area contributed by atoms with Gasteiger partial charge >= 0.3 is 0 Å². The van der Waals surface area contributed by atoms with Crippen LogP contribution in [-0.2, 0) is 6.42 Å². The molecule has 142 valence electrons. The minimum absolute atomic E-state index is 0.0162. The van der Waals surface area contributed by atoms with Crippen molar-refractivity contribution in [3.63, 3.8) is 0 Å². The number of nitrogens with zero attached hydrogens (tertiary/aromatic N) is 1. The van der Waals surface area contributed by atoms with E-state index in [1.165, 1.54) is 44.0 Å². The van der Waals surface area contributed by atoms with Crippen LogP contribution in [0.5, 0.6) is 17.2 Å². The number of rotatable bonds is 3. The van der Waals surface area contributed by atoms with Gasteiger partial charge in [-0.3, -0.25) is 4.79 Å². The van der Waals surface area contributed by atoms with Gasteiger partial charge in [-0.1, -0.05) is 6.42 Å². The minimum Gasteiger partial charge on any atom is -0.487 e. The number of nitrogens with one attached hydrogen (secondary N) is 1. The van der Waals surface area contributed by atoms with E-state index < -0.39 is 0 Å². The van der Waals surface area contributed by atoms with Crippen LogP contribution in [0.1, 0.15) is 44.1 Å². The fourth-order valence-electron chi connectivity index (χ4n) is 4.59. The van der Waals surface area contributed by atoms with E-state index >= 15 is 0 Å². The maximum Gasteiger partial charge on any atom is 0.251 e. The summed E-state index contributed by atoms with van der Waals surface area (Å²) in [5.41, 5.74) is 1.05. The molecule has 5 nitrogen and oxygen atoms in total. The number of hydrogen-bond acceptors (Lipinski definition) is 4. The van der Waals surface area contributed by atoms with Gasteiger partial charge in [0, 0.05) is 31.4 Å². The number of ether oxygens (including phenoxy) is 2. The lowest BCUT2D eigenvalue weighted by Crippen LogP contribution is -2.53. The third-order valence-electron chi connectivity index (χ3n) is 6.49. The first-order valence-corrected chi connectivity index (χ1v) is 10.1. The summed E-state index contributed by atoms with van der Waals surface area (Å²) >= 11 is 0. The Hall–Kier alpha value is -2.27. The molecule has 1 saturated carbocycles. The molecular formula is C22H26N2O3. The van der Waals surface area contributed by atoms with Gasteiger partial charge in [0.25, 0.3) is 5.56 Å². The summed E-state index contributed by atoms with van der Waals surface area (Å²) in [5, 5.41) is 0. The second kappa shape index (κ2) is 6.71. The molecule has 1 N–H and O–H groups in total. The van der Waals surface area contributed by atoms with E-state index in [1.54, 1.807) is 12.3 Å². The SMILES string of the molecule is O=c1cc(Oc2ccc3c(c2)CCC2(CCN(C4CCC4)CC2)O3)cc[nH]1. The largest absolute Gasteiger partial charge is 0.487 e. The Kier molecular flexibility index (Phi) is 4.20. The summed E-state index contributed by atoms with van der Waals surface area (Å²) in [6, 6.07) is 10.1. The van der Waals surface area contributed by atoms with E-state index in [0.717, 1.165) is 43.2 Å². The molecule has 1 spiro atoms. The Balaban J connectivity index is 1.27. The molecule has 2 aromatic rings. The van der Waals surface area contributed by atoms with Crippen LogP contribution in [0.4, 0.5) is 0 Å². The van der Waals surface area contributed by atoms with Gasteiger partial charge in [-0.25, -0.2) is 0 Å². The molecule has 1 aromatic heterocycles. The number of likely N-dealkylation sites (tertiary alicyclic amines) is 1. The van der Waals surface area contributed by atoms with E-state index in [0.29, 0.717) is 5.75 Å². The number of aromatic nitrogens is 1. The summed E-state index contributed by atoms with van der Waals surface area (Å²) < 4.78 is 12.4. The van der Waals surface area contributed by atoms with Crippen molar-refractivity contribution < 1.29 is 9.47 Å². The molecule has 5 heteroatoms. The van der Waals surface area contributed by atoms with Crippen molar-refractivity contribution >= 4 is 0 Å². The number of H-pyrrole nitrogens is 1. The topological polar surface area (TPSA) is 54.6 Å². The van der Waals surface area contributed by atoms with Crippen LogP contribution >= 0.6 is 0 Å². The molecule has 0 amide bonds. The standard InChI is InChI=1S/C22H26N2O3/c25-21-15-19(7-11-23-21)26-18-4-5-20-16(14-18)6-8-22(27-20)9-12-24(13-10-22)17-2-1-3-17/h4-5,7,11,14-15,17H,1-3,6,8-10,12-13H2,(H,23,25). The third-order valence-corrected chi connectivity index (χ3v) is 6.49. The molecule has 2 aliphatic heterocycles. The Morgan fingerprint density at radius 2 is 1.89 bits per heavy atom. The smallest absolute Gasteiger partial charge is 0.251 e. The Bertz CT molecular complexity index is 879. The molecule has 2 fully saturated rings. The lowest BCUT2D eigenvalue weighted by atomic mass is 9.81. The minimum atomic E-state index is -0.163. The average Bonchev–Trinajstić information content (AvgIpc) is 2.63. The van der Waals surface area contributed by atoms with Crippen molar-refractivity contribution in [1.82, 2.24) is 9.88 Å². The highest BCUT2D eigenvalue weighted by Crippen LogP contribution is 2.42. The van der Waals surface area contributed by atoms with Gasteiger partial charge in [0.1, 0.15) is 22.8 Å². The highest BCUT2D eigenvalue weighted by Gasteiger charge is 2.41. The number of piperidine rings is 1. The first-order chi connectivity index (χ1) is 13.2. The molecule has 5 rings (SSSR count). The van der Waals surface area contributed by atoms with Crippen LogP contribution in [-0.4, -0.2) is 34.6 Å². The number of pyridine rings is 1. The number of hydrogen-bond donors (Lipinski definition) is 1. The maximum atomic E-state index is 11.4. The normalized spacial score (nSPS) is 21.9. The summed E-state index contributed by atoms with van der Waals surface area (Å²) in [6.45, 7) is 2.34. The lowest BCUT2D eigenvalue weighted by molar-refractivity contribution is -0.0337. The Labute approximate surface area is 159 Å². The quantitative estimate of drug-likeness (QED) is 0.896. The van der Waals surface area contributed by atoms with E-state index in [-0.39, 0.29) is 11.2 Å². The van der Waals surface area contributed by atoms with E-state index in [2.05, 4.69) is 9.88 Å². The highest BCUT2D eigenvalue weighted by atomic mass is 16.5. The van der Waals surface area contributed by atoms with Crippen LogP contribution in [0.15, 0.2) is 41.3 Å². The van der Waals surface area contributed by atoms with Gasteiger partial charge in [0.15, 0.2) is 0 Å². The first-order valence-electron chi connectivity index (χ1n) is 10.1. The summed E-state index contributed by atoms with van der Waals surface area (Å²) in [7, 11) is 0. The molecule has 3 heterocycles. The molecule has 1 saturated heterocycles. The van der Waals surface area contributed by atoms with Crippen molar-refractivity contribution in [3.05, 3.63) is 52.4 Å². The molecular weight excluding hydrogens is 340 g/mol. The molecule has 0 bridgehead atoms. The molecule has 0 atom stereocenters. The summed E-state index contributed by atoms with van der Waals surface area (Å²) in [4.78, 5) is 16.7. The van der Waals surface area contributed by atoms with Crippen molar-refractivity contribution in [2.45, 2.75) is 56.6 Å². The van der Waals surface area contributed by atoms with Crippen molar-refractivity contribution in [3.8, 4) is 17.2 Å². The Morgan fingerprint density at radius 3 is 2.63 bits per heavy atom. The van der Waals surface area contributed by atoms with Crippen molar-refractivity contribution in [2.75, 3.05) is 13.1 Å². The van der Waals surface area contributed by atoms with Gasteiger partial charge in [0.05, 0.1) is 0 Å². The van der Waals surface area contributed by atoms with Crippen molar-refractivity contribution in [2.24, 2.45) is 0 Å². The van der Waals surface area contributed by atoms with E-state index in [1.807, 2.05) is 18.2 Å². The fraction of sp³-hybridized carbons (Fsp3) is 0.500. The molecule has 1 aromatic carbocycles. The number of aryl methyl sites for hydroxylation is 1. The predicted molar refractivity (Wildman–Crippen MR) is 104 cm³/mol. The second-order valence-electron chi connectivity index (χ2n) is 8.17. The van der Waals surface area contributed by atoms with Gasteiger partial charge < -0.3 is 19.4 Å². The zero-order chi connectivity index (χ0) is 18.3. The molecule has 0 unspecified atom stereocenters. The third kappa shape index (κ3) is 3.36. The highest BCUT2D eigenvalue weighted by molar-refractivity contribution is 5.43. The number of benzene rings is 1. The zero-order valence-corrected chi connectivity index (χ0v) is 15.6. The number of fused-ring (bicyclic) bond motifs is 1. The number of aromatic amines is 1. The predicted octanol–water partition coefficient (Wildman–Crippen LogP) is 3.88.